The van der Waals surface area contributed by atoms with Crippen molar-refractivity contribution < 1.29 is 30.5 Å². The fraction of sp³-hybridized carbons (Fsp3) is 0.150. The summed E-state index contributed by atoms with van der Waals surface area (Å²) in [6.07, 6.45) is 6.49. The second-order valence-electron chi connectivity index (χ2n) is 6.85. The molecular formula is C20H14F3N5O4S. The number of nitriles is 1. The van der Waals surface area contributed by atoms with Crippen molar-refractivity contribution in [2.45, 2.75) is 5.51 Å². The van der Waals surface area contributed by atoms with Crippen LogP contribution in [-0.4, -0.2) is 40.4 Å². The highest BCUT2D eigenvalue weighted by Crippen LogP contribution is 2.39. The molecule has 0 fully saturated rings. The van der Waals surface area contributed by atoms with Crippen LogP contribution in [0.5, 0.6) is 11.5 Å². The lowest BCUT2D eigenvalue weighted by atomic mass is 9.99. The Balaban J connectivity index is 1.91. The van der Waals surface area contributed by atoms with Gasteiger partial charge in [0.05, 0.1) is 30.6 Å². The Hall–Kier alpha value is -4.05. The van der Waals surface area contributed by atoms with E-state index in [0.717, 1.165) is 17.7 Å². The minimum atomic E-state index is -5.85. The molecule has 0 aliphatic carbocycles. The number of aromatic nitrogens is 4. The van der Waals surface area contributed by atoms with Crippen molar-refractivity contribution in [3.8, 4) is 39.8 Å². The van der Waals surface area contributed by atoms with Crippen LogP contribution in [0.15, 0.2) is 49.1 Å². The summed E-state index contributed by atoms with van der Waals surface area (Å²) in [6, 6.07) is 7.23. The number of halogens is 3. The predicted octanol–water partition coefficient (Wildman–Crippen LogP) is 3.51. The fourth-order valence-corrected chi connectivity index (χ4v) is 3.71. The number of benzene rings is 1. The largest absolute Gasteiger partial charge is 0.534 e. The Morgan fingerprint density at radius 3 is 2.42 bits per heavy atom. The first kappa shape index (κ1) is 22.2. The highest BCUT2D eigenvalue weighted by Gasteiger charge is 2.48. The molecule has 170 valence electrons. The smallest absolute Gasteiger partial charge is 0.496 e. The number of ether oxygens (including phenoxy) is 1. The van der Waals surface area contributed by atoms with E-state index in [9.17, 15) is 26.9 Å². The highest BCUT2D eigenvalue weighted by atomic mass is 32.2. The van der Waals surface area contributed by atoms with E-state index in [1.165, 1.54) is 23.9 Å². The lowest BCUT2D eigenvalue weighted by Gasteiger charge is -2.14. The standard InChI is InChI=1S/C20H14F3N5O4S/c1-27-10-14(9-25-27)12-5-17(19-13(7-24)8-26-28(19)11-12)16-4-3-15(6-18(16)31-2)32-33(29,30)20(21,22)23/h3-6,8-11H,1-2H3. The molecule has 0 saturated heterocycles. The van der Waals surface area contributed by atoms with Gasteiger partial charge in [0, 0.05) is 47.8 Å². The normalized spacial score (nSPS) is 12.0. The molecule has 9 nitrogen and oxygen atoms in total. The first-order chi connectivity index (χ1) is 15.5. The molecule has 0 radical (unpaired) electrons. The maximum Gasteiger partial charge on any atom is 0.534 e. The van der Waals surface area contributed by atoms with Gasteiger partial charge >= 0.3 is 15.6 Å². The minimum Gasteiger partial charge on any atom is -0.496 e. The summed E-state index contributed by atoms with van der Waals surface area (Å²) in [4.78, 5) is 0. The molecule has 0 unspecified atom stereocenters. The van der Waals surface area contributed by atoms with Crippen LogP contribution in [0.1, 0.15) is 5.56 Å². The van der Waals surface area contributed by atoms with Gasteiger partial charge in [0.1, 0.15) is 17.6 Å². The average molecular weight is 477 g/mol. The second-order valence-corrected chi connectivity index (χ2v) is 8.39. The van der Waals surface area contributed by atoms with E-state index < -0.39 is 21.4 Å². The maximum atomic E-state index is 12.7. The van der Waals surface area contributed by atoms with Gasteiger partial charge in [-0.15, -0.1) is 0 Å². The van der Waals surface area contributed by atoms with Gasteiger partial charge in [-0.2, -0.15) is 37.0 Å². The SMILES string of the molecule is COc1cc(OS(=O)(=O)C(F)(F)F)ccc1-c1cc(-c2cnn(C)c2)cn2ncc(C#N)c12. The first-order valence-electron chi connectivity index (χ1n) is 9.13. The van der Waals surface area contributed by atoms with Crippen LogP contribution in [0, 0.1) is 11.3 Å². The summed E-state index contributed by atoms with van der Waals surface area (Å²) in [5.41, 5.74) is -2.59. The second kappa shape index (κ2) is 7.82. The summed E-state index contributed by atoms with van der Waals surface area (Å²) >= 11 is 0. The number of alkyl halides is 3. The van der Waals surface area contributed by atoms with Crippen LogP contribution in [0.25, 0.3) is 27.8 Å². The van der Waals surface area contributed by atoms with Gasteiger partial charge in [0.15, 0.2) is 0 Å². The Morgan fingerprint density at radius 2 is 1.82 bits per heavy atom. The van der Waals surface area contributed by atoms with Gasteiger partial charge < -0.3 is 8.92 Å². The van der Waals surface area contributed by atoms with Crippen LogP contribution >= 0.6 is 0 Å². The number of fused-ring (bicyclic) bond motifs is 1. The fourth-order valence-electron chi connectivity index (χ4n) is 3.26. The monoisotopic (exact) mass is 477 g/mol. The molecule has 3 heterocycles. The summed E-state index contributed by atoms with van der Waals surface area (Å²) < 4.78 is 73.4. The summed E-state index contributed by atoms with van der Waals surface area (Å²) in [6.45, 7) is 0. The van der Waals surface area contributed by atoms with Crippen LogP contribution in [0.4, 0.5) is 13.2 Å². The van der Waals surface area contributed by atoms with Crippen molar-refractivity contribution in [3.63, 3.8) is 0 Å². The number of hydrogen-bond acceptors (Lipinski definition) is 7. The Morgan fingerprint density at radius 1 is 1.06 bits per heavy atom. The number of pyridine rings is 1. The average Bonchev–Trinajstić information content (AvgIpc) is 3.37. The van der Waals surface area contributed by atoms with E-state index in [2.05, 4.69) is 20.4 Å². The predicted molar refractivity (Wildman–Crippen MR) is 110 cm³/mol. The van der Waals surface area contributed by atoms with Crippen molar-refractivity contribution in [3.05, 3.63) is 54.6 Å². The Kier molecular flexibility index (Phi) is 5.25. The van der Waals surface area contributed by atoms with Crippen molar-refractivity contribution in [2.75, 3.05) is 7.11 Å². The molecule has 13 heteroatoms. The number of aryl methyl sites for hydroxylation is 1. The van der Waals surface area contributed by atoms with Crippen LogP contribution in [0.3, 0.4) is 0 Å². The van der Waals surface area contributed by atoms with Crippen LogP contribution in [0.2, 0.25) is 0 Å². The van der Waals surface area contributed by atoms with Crippen LogP contribution in [-0.2, 0) is 17.2 Å². The van der Waals surface area contributed by atoms with Gasteiger partial charge in [-0.05, 0) is 18.2 Å². The lowest BCUT2D eigenvalue weighted by molar-refractivity contribution is -0.0500. The summed E-state index contributed by atoms with van der Waals surface area (Å²) in [5, 5.41) is 17.9. The van der Waals surface area contributed by atoms with E-state index in [1.54, 1.807) is 36.4 Å². The maximum absolute atomic E-state index is 12.7. The van der Waals surface area contributed by atoms with Crippen LogP contribution < -0.4 is 8.92 Å². The molecule has 0 atom stereocenters. The third-order valence-corrected chi connectivity index (χ3v) is 5.70. The number of nitrogens with zero attached hydrogens (tertiary/aromatic N) is 5. The first-order valence-corrected chi connectivity index (χ1v) is 10.5. The number of methoxy groups -OCH3 is 1. The van der Waals surface area contributed by atoms with E-state index in [-0.39, 0.29) is 11.3 Å². The Labute approximate surface area is 185 Å². The van der Waals surface area contributed by atoms with E-state index >= 15 is 0 Å². The summed E-state index contributed by atoms with van der Waals surface area (Å²) in [7, 11) is -2.83. The van der Waals surface area contributed by atoms with Crippen molar-refractivity contribution in [1.82, 2.24) is 19.4 Å². The quantitative estimate of drug-likeness (QED) is 0.319. The van der Waals surface area contributed by atoms with Crippen molar-refractivity contribution in [2.24, 2.45) is 7.05 Å². The lowest BCUT2D eigenvalue weighted by Crippen LogP contribution is -2.28. The molecule has 0 bridgehead atoms. The van der Waals surface area contributed by atoms with E-state index in [4.69, 9.17) is 4.74 Å². The van der Waals surface area contributed by atoms with Gasteiger partial charge in [0.25, 0.3) is 0 Å². The van der Waals surface area contributed by atoms with E-state index in [1.807, 2.05) is 0 Å². The molecule has 1 aromatic carbocycles. The van der Waals surface area contributed by atoms with Crippen molar-refractivity contribution >= 4 is 15.6 Å². The number of hydrogen-bond donors (Lipinski definition) is 0. The molecule has 33 heavy (non-hydrogen) atoms. The molecule has 3 aromatic heterocycles. The molecule has 0 saturated carbocycles. The molecule has 0 amide bonds. The molecular weight excluding hydrogens is 463 g/mol. The molecule has 0 N–H and O–H groups in total. The zero-order valence-corrected chi connectivity index (χ0v) is 17.8. The molecule has 0 spiro atoms. The van der Waals surface area contributed by atoms with Gasteiger partial charge in [-0.1, -0.05) is 0 Å². The topological polar surface area (TPSA) is 112 Å². The summed E-state index contributed by atoms with van der Waals surface area (Å²) in [5.74, 6) is -0.554. The van der Waals surface area contributed by atoms with Gasteiger partial charge in [-0.3, -0.25) is 4.68 Å². The molecule has 0 aliphatic rings. The Bertz CT molecular complexity index is 1520. The number of rotatable bonds is 5. The van der Waals surface area contributed by atoms with Gasteiger partial charge in [0.2, 0.25) is 0 Å². The molecule has 4 rings (SSSR count). The molecule has 0 aliphatic heterocycles. The minimum absolute atomic E-state index is 0.0280. The third kappa shape index (κ3) is 3.96. The zero-order valence-electron chi connectivity index (χ0n) is 17.0. The highest BCUT2D eigenvalue weighted by molar-refractivity contribution is 7.88. The molecule has 4 aromatic rings. The third-order valence-electron chi connectivity index (χ3n) is 4.72. The van der Waals surface area contributed by atoms with E-state index in [0.29, 0.717) is 22.2 Å². The van der Waals surface area contributed by atoms with Crippen molar-refractivity contribution in [1.29, 1.82) is 5.26 Å². The zero-order chi connectivity index (χ0) is 24.0. The van der Waals surface area contributed by atoms with Gasteiger partial charge in [-0.25, -0.2) is 4.52 Å².